The highest BCUT2D eigenvalue weighted by Gasteiger charge is 2.22. The van der Waals surface area contributed by atoms with Crippen molar-refractivity contribution in [1.29, 1.82) is 0 Å². The van der Waals surface area contributed by atoms with Gasteiger partial charge in [-0.15, -0.1) is 0 Å². The van der Waals surface area contributed by atoms with Crippen LogP contribution in [0, 0.1) is 0 Å². The van der Waals surface area contributed by atoms with E-state index in [2.05, 4.69) is 35.3 Å². The molecular weight excluding hydrogens is 352 g/mol. The van der Waals surface area contributed by atoms with Gasteiger partial charge in [0.15, 0.2) is 0 Å². The average molecular weight is 377 g/mol. The van der Waals surface area contributed by atoms with Crippen LogP contribution < -0.4 is 10.2 Å². The maximum atomic E-state index is 11.5. The summed E-state index contributed by atoms with van der Waals surface area (Å²) in [6, 6.07) is 16.8. The third kappa shape index (κ3) is 4.63. The van der Waals surface area contributed by atoms with Crippen molar-refractivity contribution >= 4 is 28.1 Å². The van der Waals surface area contributed by atoms with Crippen molar-refractivity contribution in [3.8, 4) is 0 Å². The maximum absolute atomic E-state index is 11.5. The third-order valence-electron chi connectivity index (χ3n) is 4.81. The summed E-state index contributed by atoms with van der Waals surface area (Å²) in [6.07, 6.45) is 4.04. The Morgan fingerprint density at radius 3 is 2.60 bits per heavy atom. The summed E-state index contributed by atoms with van der Waals surface area (Å²) < 4.78 is 11.5. The summed E-state index contributed by atoms with van der Waals surface area (Å²) >= 11 is 6.36. The first kappa shape index (κ1) is 18.4. The molecule has 0 spiro atoms. The number of piperidine rings is 1. The summed E-state index contributed by atoms with van der Waals surface area (Å²) in [5.74, 6) is 0. The van der Waals surface area contributed by atoms with E-state index in [1.165, 1.54) is 12.0 Å². The second kappa shape index (κ2) is 8.35. The van der Waals surface area contributed by atoms with Crippen LogP contribution in [0.1, 0.15) is 31.4 Å². The van der Waals surface area contributed by atoms with Crippen LogP contribution in [0.2, 0.25) is 5.02 Å². The van der Waals surface area contributed by atoms with Crippen molar-refractivity contribution in [1.82, 2.24) is 5.32 Å². The van der Waals surface area contributed by atoms with E-state index in [9.17, 15) is 4.21 Å². The summed E-state index contributed by atoms with van der Waals surface area (Å²) in [5, 5.41) is 4.56. The second-order valence-electron chi connectivity index (χ2n) is 6.65. The first-order valence-corrected chi connectivity index (χ1v) is 10.7. The molecule has 3 atom stereocenters. The zero-order chi connectivity index (χ0) is 17.8. The van der Waals surface area contributed by atoms with E-state index in [0.717, 1.165) is 35.1 Å². The van der Waals surface area contributed by atoms with E-state index in [0.29, 0.717) is 6.04 Å². The number of halogens is 1. The van der Waals surface area contributed by atoms with Gasteiger partial charge >= 0.3 is 0 Å². The smallest absolute Gasteiger partial charge is 0.0639 e. The number of nitrogens with one attached hydrogen (secondary N) is 1. The van der Waals surface area contributed by atoms with Gasteiger partial charge < -0.3 is 10.2 Å². The van der Waals surface area contributed by atoms with E-state index in [1.54, 1.807) is 6.26 Å². The molecule has 2 aromatic rings. The number of hydrogen-bond acceptors (Lipinski definition) is 3. The predicted molar refractivity (Wildman–Crippen MR) is 107 cm³/mol. The molecule has 2 aromatic carbocycles. The lowest BCUT2D eigenvalue weighted by molar-refractivity contribution is 0.388. The Balaban J connectivity index is 1.64. The number of nitrogens with zero attached hydrogens (tertiary/aromatic N) is 1. The first-order valence-electron chi connectivity index (χ1n) is 8.73. The molecule has 1 heterocycles. The molecule has 3 rings (SSSR count). The Labute approximate surface area is 157 Å². The lowest BCUT2D eigenvalue weighted by atomic mass is 10.0. The molecule has 1 aliphatic heterocycles. The van der Waals surface area contributed by atoms with E-state index in [-0.39, 0.29) is 6.04 Å². The quantitative estimate of drug-likeness (QED) is 0.839. The van der Waals surface area contributed by atoms with Gasteiger partial charge in [-0.1, -0.05) is 35.9 Å². The topological polar surface area (TPSA) is 32.3 Å². The van der Waals surface area contributed by atoms with E-state index in [4.69, 9.17) is 11.6 Å². The van der Waals surface area contributed by atoms with Crippen LogP contribution in [-0.2, 0) is 10.8 Å². The molecule has 1 fully saturated rings. The Hall–Kier alpha value is -1.36. The zero-order valence-electron chi connectivity index (χ0n) is 14.7. The minimum absolute atomic E-state index is 0.260. The van der Waals surface area contributed by atoms with E-state index < -0.39 is 10.8 Å². The molecule has 3 nitrogen and oxygen atoms in total. The van der Waals surface area contributed by atoms with Crippen molar-refractivity contribution in [3.05, 3.63) is 59.1 Å². The van der Waals surface area contributed by atoms with Gasteiger partial charge in [0.05, 0.1) is 10.7 Å². The normalized spacial score (nSPS) is 20.3. The van der Waals surface area contributed by atoms with Gasteiger partial charge in [-0.3, -0.25) is 4.21 Å². The number of para-hydroxylation sites is 1. The number of anilines is 1. The summed E-state index contributed by atoms with van der Waals surface area (Å²) in [4.78, 5) is 3.25. The van der Waals surface area contributed by atoms with Gasteiger partial charge in [0.25, 0.3) is 0 Å². The van der Waals surface area contributed by atoms with Gasteiger partial charge in [0.2, 0.25) is 0 Å². The highest BCUT2D eigenvalue weighted by atomic mass is 35.5. The predicted octanol–water partition coefficient (Wildman–Crippen LogP) is 4.40. The molecule has 0 bridgehead atoms. The van der Waals surface area contributed by atoms with Crippen LogP contribution in [0.5, 0.6) is 0 Å². The summed E-state index contributed by atoms with van der Waals surface area (Å²) in [6.45, 7) is 4.20. The largest absolute Gasteiger partial charge is 0.369 e. The highest BCUT2D eigenvalue weighted by molar-refractivity contribution is 7.84. The minimum atomic E-state index is -0.925. The monoisotopic (exact) mass is 376 g/mol. The van der Waals surface area contributed by atoms with Crippen molar-refractivity contribution in [3.63, 3.8) is 0 Å². The molecule has 25 heavy (non-hydrogen) atoms. The number of benzene rings is 2. The van der Waals surface area contributed by atoms with Gasteiger partial charge in [-0.2, -0.15) is 0 Å². The van der Waals surface area contributed by atoms with Crippen molar-refractivity contribution in [2.45, 2.75) is 36.7 Å². The molecule has 134 valence electrons. The molecule has 1 aliphatic rings. The second-order valence-corrected chi connectivity index (χ2v) is 8.43. The number of hydrogen-bond donors (Lipinski definition) is 1. The summed E-state index contributed by atoms with van der Waals surface area (Å²) in [5.41, 5.74) is 2.35. The lowest BCUT2D eigenvalue weighted by Crippen LogP contribution is -2.46. The van der Waals surface area contributed by atoms with Crippen LogP contribution in [0.25, 0.3) is 0 Å². The molecular formula is C20H25ClN2OS. The SMILES string of the molecule is C[C@H](N[C@H]1CCCN(c2ccccc2Cl)C1)c1ccc([S@@](C)=O)cc1. The molecule has 0 saturated carbocycles. The third-order valence-corrected chi connectivity index (χ3v) is 6.07. The molecule has 0 aliphatic carbocycles. The Morgan fingerprint density at radius 2 is 1.92 bits per heavy atom. The fourth-order valence-electron chi connectivity index (χ4n) is 3.44. The molecule has 0 aromatic heterocycles. The van der Waals surface area contributed by atoms with Gasteiger partial charge in [-0.05, 0) is 49.6 Å². The molecule has 5 heteroatoms. The van der Waals surface area contributed by atoms with Crippen LogP contribution in [-0.4, -0.2) is 29.6 Å². The van der Waals surface area contributed by atoms with Gasteiger partial charge in [-0.25, -0.2) is 0 Å². The lowest BCUT2D eigenvalue weighted by Gasteiger charge is -2.36. The Kier molecular flexibility index (Phi) is 6.15. The van der Waals surface area contributed by atoms with Crippen LogP contribution in [0.3, 0.4) is 0 Å². The summed E-state index contributed by atoms with van der Waals surface area (Å²) in [7, 11) is -0.925. The Morgan fingerprint density at radius 1 is 1.20 bits per heavy atom. The van der Waals surface area contributed by atoms with E-state index in [1.807, 2.05) is 30.3 Å². The molecule has 0 unspecified atom stereocenters. The standard InChI is InChI=1S/C20H25ClN2OS/c1-15(16-9-11-18(12-10-16)25(2)24)22-17-6-5-13-23(14-17)20-8-4-3-7-19(20)21/h3-4,7-12,15,17,22H,5-6,13-14H2,1-2H3/t15-,17-,25+/m0/s1. The van der Waals surface area contributed by atoms with Crippen molar-refractivity contribution in [2.75, 3.05) is 24.2 Å². The average Bonchev–Trinajstić information content (AvgIpc) is 2.62. The zero-order valence-corrected chi connectivity index (χ0v) is 16.3. The maximum Gasteiger partial charge on any atom is 0.0639 e. The number of rotatable bonds is 5. The fraction of sp³-hybridized carbons (Fsp3) is 0.400. The van der Waals surface area contributed by atoms with Gasteiger partial charge in [0.1, 0.15) is 0 Å². The first-order chi connectivity index (χ1) is 12.0. The fourth-order valence-corrected chi connectivity index (χ4v) is 4.21. The van der Waals surface area contributed by atoms with Crippen molar-refractivity contribution < 1.29 is 4.21 Å². The van der Waals surface area contributed by atoms with E-state index >= 15 is 0 Å². The molecule has 1 saturated heterocycles. The van der Waals surface area contributed by atoms with Crippen LogP contribution in [0.15, 0.2) is 53.4 Å². The molecule has 0 radical (unpaired) electrons. The highest BCUT2D eigenvalue weighted by Crippen LogP contribution is 2.28. The van der Waals surface area contributed by atoms with Gasteiger partial charge in [0, 0.05) is 47.1 Å². The van der Waals surface area contributed by atoms with Crippen molar-refractivity contribution in [2.24, 2.45) is 0 Å². The minimum Gasteiger partial charge on any atom is -0.369 e. The molecule has 0 amide bonds. The molecule has 1 N–H and O–H groups in total. The van der Waals surface area contributed by atoms with Crippen LogP contribution >= 0.6 is 11.6 Å². The van der Waals surface area contributed by atoms with Crippen LogP contribution in [0.4, 0.5) is 5.69 Å². The Bertz CT molecular complexity index is 735.